The first-order valence-electron chi connectivity index (χ1n) is 12.3. The molecule has 0 saturated carbocycles. The summed E-state index contributed by atoms with van der Waals surface area (Å²) in [5, 5.41) is 6.88. The molecule has 1 aromatic rings. The van der Waals surface area contributed by atoms with E-state index in [0.717, 1.165) is 51.5 Å². The molecule has 0 aromatic heterocycles. The van der Waals surface area contributed by atoms with Gasteiger partial charge in [0.15, 0.2) is 5.96 Å². The number of halogens is 1. The number of aliphatic imine (C=N–C) groups is 1. The average molecular weight is 559 g/mol. The van der Waals surface area contributed by atoms with Gasteiger partial charge < -0.3 is 25.0 Å². The minimum atomic E-state index is 0. The first kappa shape index (κ1) is 27.3. The number of nitrogens with one attached hydrogen (secondary N) is 2. The Labute approximate surface area is 211 Å². The van der Waals surface area contributed by atoms with Crippen molar-refractivity contribution in [1.82, 2.24) is 15.5 Å². The Balaban J connectivity index is 0.00000363. The average Bonchev–Trinajstić information content (AvgIpc) is 3.09. The summed E-state index contributed by atoms with van der Waals surface area (Å²) in [5.74, 6) is 0.905. The highest BCUT2D eigenvalue weighted by Crippen LogP contribution is 2.15. The van der Waals surface area contributed by atoms with E-state index in [-0.39, 0.29) is 24.0 Å². The number of hydrogen-bond donors (Lipinski definition) is 2. The maximum Gasteiger partial charge on any atom is 0.191 e. The molecule has 1 aromatic carbocycles. The van der Waals surface area contributed by atoms with Crippen molar-refractivity contribution < 1.29 is 9.47 Å². The van der Waals surface area contributed by atoms with Crippen molar-refractivity contribution in [2.24, 2.45) is 4.99 Å². The molecule has 6 nitrogen and oxygen atoms in total. The first-order valence-corrected chi connectivity index (χ1v) is 12.3. The van der Waals surface area contributed by atoms with Crippen LogP contribution in [-0.2, 0) is 22.6 Å². The van der Waals surface area contributed by atoms with Gasteiger partial charge in [0.05, 0.1) is 19.3 Å². The Morgan fingerprint density at radius 3 is 2.59 bits per heavy atom. The molecule has 2 heterocycles. The third-order valence-corrected chi connectivity index (χ3v) is 6.05. The van der Waals surface area contributed by atoms with E-state index >= 15 is 0 Å². The van der Waals surface area contributed by atoms with Crippen LogP contribution in [0, 0.1) is 0 Å². The fourth-order valence-electron chi connectivity index (χ4n) is 4.26. The predicted molar refractivity (Wildman–Crippen MR) is 143 cm³/mol. The molecule has 2 saturated heterocycles. The molecule has 2 aliphatic heterocycles. The third kappa shape index (κ3) is 10.8. The summed E-state index contributed by atoms with van der Waals surface area (Å²) in [6.45, 7) is 10.6. The van der Waals surface area contributed by atoms with Crippen molar-refractivity contribution in [3.8, 4) is 0 Å². The van der Waals surface area contributed by atoms with Gasteiger partial charge in [-0.1, -0.05) is 37.1 Å². The Hall–Kier alpha value is -0.900. The number of hydrogen-bond acceptors (Lipinski definition) is 4. The van der Waals surface area contributed by atoms with Crippen LogP contribution < -0.4 is 10.6 Å². The van der Waals surface area contributed by atoms with Gasteiger partial charge >= 0.3 is 0 Å². The summed E-state index contributed by atoms with van der Waals surface area (Å²) in [5.41, 5.74) is 2.43. The van der Waals surface area contributed by atoms with Crippen LogP contribution >= 0.6 is 24.0 Å². The third-order valence-electron chi connectivity index (χ3n) is 6.05. The van der Waals surface area contributed by atoms with Crippen LogP contribution in [0.15, 0.2) is 29.3 Å². The van der Waals surface area contributed by atoms with Crippen LogP contribution in [0.25, 0.3) is 0 Å². The normalized spacial score (nSPS) is 18.6. The molecular formula is C25H43IN4O2. The van der Waals surface area contributed by atoms with Crippen LogP contribution in [0.1, 0.15) is 63.0 Å². The van der Waals surface area contributed by atoms with Gasteiger partial charge in [0.2, 0.25) is 0 Å². The van der Waals surface area contributed by atoms with Crippen LogP contribution in [0.5, 0.6) is 0 Å². The second-order valence-electron chi connectivity index (χ2n) is 8.67. The topological polar surface area (TPSA) is 58.1 Å². The number of likely N-dealkylation sites (tertiary alicyclic amines) is 1. The summed E-state index contributed by atoms with van der Waals surface area (Å²) in [4.78, 5) is 7.42. The molecular weight excluding hydrogens is 515 g/mol. The lowest BCUT2D eigenvalue weighted by Gasteiger charge is -2.22. The lowest BCUT2D eigenvalue weighted by Crippen LogP contribution is -2.39. The highest BCUT2D eigenvalue weighted by Gasteiger charge is 2.14. The van der Waals surface area contributed by atoms with E-state index in [1.165, 1.54) is 56.4 Å². The lowest BCUT2D eigenvalue weighted by atomic mass is 10.1. The van der Waals surface area contributed by atoms with Gasteiger partial charge in [-0.25, -0.2) is 4.99 Å². The first-order chi connectivity index (χ1) is 15.3. The summed E-state index contributed by atoms with van der Waals surface area (Å²) < 4.78 is 11.5. The molecule has 2 aliphatic rings. The van der Waals surface area contributed by atoms with E-state index in [1.54, 1.807) is 0 Å². The molecule has 0 atom stereocenters. The molecule has 0 aliphatic carbocycles. The van der Waals surface area contributed by atoms with Gasteiger partial charge in [-0.15, -0.1) is 24.0 Å². The molecule has 2 fully saturated rings. The lowest BCUT2D eigenvalue weighted by molar-refractivity contribution is -0.0390. The van der Waals surface area contributed by atoms with Crippen molar-refractivity contribution in [2.75, 3.05) is 45.9 Å². The maximum atomic E-state index is 6.07. The molecule has 182 valence electrons. The molecule has 32 heavy (non-hydrogen) atoms. The molecule has 7 heteroatoms. The Bertz CT molecular complexity index is 645. The van der Waals surface area contributed by atoms with Crippen molar-refractivity contribution in [3.63, 3.8) is 0 Å². The number of ether oxygens (including phenoxy) is 2. The Kier molecular flexibility index (Phi) is 14.2. The van der Waals surface area contributed by atoms with Crippen molar-refractivity contribution >= 4 is 29.9 Å². The number of nitrogens with zero attached hydrogens (tertiary/aromatic N) is 2. The van der Waals surface area contributed by atoms with E-state index < -0.39 is 0 Å². The standard InChI is InChI=1S/C25H42N4O2.HI/c1-2-26-25(27-13-8-16-29-14-5-3-4-6-15-29)28-20-22-9-7-10-23(19-22)21-31-24-11-17-30-18-12-24;/h7,9-10,19,24H,2-6,8,11-18,20-21H2,1H3,(H2,26,27,28);1H. The second-order valence-corrected chi connectivity index (χ2v) is 8.67. The van der Waals surface area contributed by atoms with E-state index in [0.29, 0.717) is 19.3 Å². The van der Waals surface area contributed by atoms with Crippen LogP contribution in [0.4, 0.5) is 0 Å². The zero-order valence-corrected chi connectivity index (χ0v) is 22.1. The van der Waals surface area contributed by atoms with Gasteiger partial charge in [-0.3, -0.25) is 0 Å². The van der Waals surface area contributed by atoms with Crippen molar-refractivity contribution in [3.05, 3.63) is 35.4 Å². The predicted octanol–water partition coefficient (Wildman–Crippen LogP) is 4.32. The maximum absolute atomic E-state index is 6.07. The highest BCUT2D eigenvalue weighted by molar-refractivity contribution is 14.0. The van der Waals surface area contributed by atoms with Crippen LogP contribution in [0.3, 0.4) is 0 Å². The van der Waals surface area contributed by atoms with Gasteiger partial charge in [0.1, 0.15) is 0 Å². The zero-order valence-electron chi connectivity index (χ0n) is 19.8. The monoisotopic (exact) mass is 558 g/mol. The van der Waals surface area contributed by atoms with Gasteiger partial charge in [-0.2, -0.15) is 0 Å². The summed E-state index contributed by atoms with van der Waals surface area (Å²) in [6, 6.07) is 8.60. The summed E-state index contributed by atoms with van der Waals surface area (Å²) in [7, 11) is 0. The molecule has 0 radical (unpaired) electrons. The molecule has 0 amide bonds. The fraction of sp³-hybridized carbons (Fsp3) is 0.720. The minimum Gasteiger partial charge on any atom is -0.381 e. The number of benzene rings is 1. The quantitative estimate of drug-likeness (QED) is 0.194. The van der Waals surface area contributed by atoms with E-state index in [9.17, 15) is 0 Å². The van der Waals surface area contributed by atoms with Gasteiger partial charge in [0.25, 0.3) is 0 Å². The van der Waals surface area contributed by atoms with Gasteiger partial charge in [-0.05, 0) is 69.8 Å². The number of rotatable bonds is 10. The Morgan fingerprint density at radius 1 is 1.09 bits per heavy atom. The summed E-state index contributed by atoms with van der Waals surface area (Å²) in [6.07, 6.45) is 8.99. The van der Waals surface area contributed by atoms with Crippen molar-refractivity contribution in [2.45, 2.75) is 71.1 Å². The van der Waals surface area contributed by atoms with E-state index in [4.69, 9.17) is 14.5 Å². The zero-order chi connectivity index (χ0) is 21.6. The summed E-state index contributed by atoms with van der Waals surface area (Å²) >= 11 is 0. The van der Waals surface area contributed by atoms with Gasteiger partial charge in [0, 0.05) is 26.3 Å². The van der Waals surface area contributed by atoms with E-state index in [1.807, 2.05) is 0 Å². The molecule has 0 unspecified atom stereocenters. The SMILES string of the molecule is CCNC(=NCc1cccc(COC2CCOCC2)c1)NCCCN1CCCCCC1.I. The van der Waals surface area contributed by atoms with Crippen LogP contribution in [0.2, 0.25) is 0 Å². The second kappa shape index (κ2) is 16.7. The Morgan fingerprint density at radius 2 is 1.84 bits per heavy atom. The minimum absolute atomic E-state index is 0. The molecule has 2 N–H and O–H groups in total. The molecule has 0 spiro atoms. The van der Waals surface area contributed by atoms with E-state index in [2.05, 4.69) is 46.7 Å². The highest BCUT2D eigenvalue weighted by atomic mass is 127. The van der Waals surface area contributed by atoms with Crippen LogP contribution in [-0.4, -0.2) is 62.9 Å². The molecule has 0 bridgehead atoms. The largest absolute Gasteiger partial charge is 0.381 e. The number of guanidine groups is 1. The molecule has 3 rings (SSSR count). The van der Waals surface area contributed by atoms with Crippen molar-refractivity contribution in [1.29, 1.82) is 0 Å². The fourth-order valence-corrected chi connectivity index (χ4v) is 4.26. The smallest absolute Gasteiger partial charge is 0.191 e.